The van der Waals surface area contributed by atoms with Crippen LogP contribution in [0.1, 0.15) is 79.8 Å². The molecule has 0 aromatic heterocycles. The molecule has 28 heavy (non-hydrogen) atoms. The average Bonchev–Trinajstić information content (AvgIpc) is 2.85. The lowest BCUT2D eigenvalue weighted by atomic mass is 9.85. The topological polar surface area (TPSA) is 15.6 Å². The second-order valence-electron chi connectivity index (χ2n) is 9.38. The Morgan fingerprint density at radius 1 is 1.14 bits per heavy atom. The number of aliphatic imine (C=N–C) groups is 1. The first-order chi connectivity index (χ1) is 13.2. The first kappa shape index (κ1) is 20.6. The van der Waals surface area contributed by atoms with Crippen LogP contribution in [0.15, 0.2) is 35.3 Å². The van der Waals surface area contributed by atoms with Gasteiger partial charge in [0.1, 0.15) is 0 Å². The van der Waals surface area contributed by atoms with Crippen LogP contribution in [0.5, 0.6) is 0 Å². The smallest absolute Gasteiger partial charge is 0.0909 e. The summed E-state index contributed by atoms with van der Waals surface area (Å²) in [5, 5.41) is 0. The molecule has 1 aliphatic carbocycles. The van der Waals surface area contributed by atoms with Crippen molar-refractivity contribution in [1.29, 1.82) is 0 Å². The molecule has 0 spiro atoms. The molecule has 0 radical (unpaired) electrons. The van der Waals surface area contributed by atoms with Gasteiger partial charge in [-0.1, -0.05) is 52.0 Å². The van der Waals surface area contributed by atoms with Gasteiger partial charge in [-0.2, -0.15) is 0 Å². The molecule has 2 heteroatoms. The van der Waals surface area contributed by atoms with Crippen LogP contribution in [0.3, 0.4) is 0 Å². The molecule has 1 unspecified atom stereocenters. The van der Waals surface area contributed by atoms with Crippen molar-refractivity contribution in [2.75, 3.05) is 13.6 Å². The van der Waals surface area contributed by atoms with Crippen molar-refractivity contribution in [3.8, 4) is 0 Å². The summed E-state index contributed by atoms with van der Waals surface area (Å²) in [6.45, 7) is 14.7. The van der Waals surface area contributed by atoms with Gasteiger partial charge in [-0.05, 0) is 83.9 Å². The maximum absolute atomic E-state index is 4.71. The van der Waals surface area contributed by atoms with Crippen molar-refractivity contribution in [3.63, 3.8) is 0 Å². The van der Waals surface area contributed by atoms with Gasteiger partial charge < -0.3 is 4.90 Å². The van der Waals surface area contributed by atoms with Crippen LogP contribution in [0.25, 0.3) is 0 Å². The van der Waals surface area contributed by atoms with Gasteiger partial charge in [-0.15, -0.1) is 0 Å². The maximum Gasteiger partial charge on any atom is 0.0909 e. The van der Waals surface area contributed by atoms with Crippen LogP contribution >= 0.6 is 0 Å². The predicted octanol–water partition coefficient (Wildman–Crippen LogP) is 6.68. The fraction of sp³-hybridized carbons (Fsp3) is 0.500. The van der Waals surface area contributed by atoms with E-state index in [4.69, 9.17) is 4.99 Å². The molecule has 150 valence electrons. The van der Waals surface area contributed by atoms with Gasteiger partial charge in [0.15, 0.2) is 0 Å². The Balaban J connectivity index is 1.82. The number of fused-ring (bicyclic) bond motifs is 1. The molecule has 1 atom stereocenters. The minimum atomic E-state index is 0.310. The van der Waals surface area contributed by atoms with Gasteiger partial charge in [0, 0.05) is 13.6 Å². The van der Waals surface area contributed by atoms with E-state index in [1.165, 1.54) is 34.2 Å². The lowest BCUT2D eigenvalue weighted by Gasteiger charge is -2.19. The van der Waals surface area contributed by atoms with Gasteiger partial charge in [0.25, 0.3) is 0 Å². The molecule has 0 saturated carbocycles. The Morgan fingerprint density at radius 2 is 1.89 bits per heavy atom. The monoisotopic (exact) mass is 376 g/mol. The molecular formula is C26H36N2. The number of hydrogen-bond acceptors (Lipinski definition) is 1. The van der Waals surface area contributed by atoms with E-state index in [-0.39, 0.29) is 0 Å². The average molecular weight is 377 g/mol. The number of aryl methyl sites for hydroxylation is 2. The third-order valence-corrected chi connectivity index (χ3v) is 6.21. The van der Waals surface area contributed by atoms with Gasteiger partial charge in [0.2, 0.25) is 0 Å². The van der Waals surface area contributed by atoms with Crippen molar-refractivity contribution >= 4 is 12.0 Å². The molecule has 3 rings (SSSR count). The van der Waals surface area contributed by atoms with E-state index >= 15 is 0 Å². The first-order valence-electron chi connectivity index (χ1n) is 10.7. The Hall–Kier alpha value is -2.09. The minimum absolute atomic E-state index is 0.310. The quantitative estimate of drug-likeness (QED) is 0.405. The zero-order valence-corrected chi connectivity index (χ0v) is 18.8. The van der Waals surface area contributed by atoms with Crippen molar-refractivity contribution in [1.82, 2.24) is 4.90 Å². The van der Waals surface area contributed by atoms with Crippen molar-refractivity contribution in [2.45, 2.75) is 72.1 Å². The highest BCUT2D eigenvalue weighted by Crippen LogP contribution is 2.45. The standard InChI is InChI=1S/C26H36N2/c1-8-11-28(7)17-27-25-13-18(2)22(12-19(25)3)14-21-9-10-24-23(15-21)20(4)16-26(24,5)6/h9-10,12-13,15,17,20H,8,11,14,16H2,1-7H3. The molecule has 0 heterocycles. The van der Waals surface area contributed by atoms with Crippen molar-refractivity contribution < 1.29 is 0 Å². The number of hydrogen-bond donors (Lipinski definition) is 0. The van der Waals surface area contributed by atoms with E-state index in [0.29, 0.717) is 11.3 Å². The third-order valence-electron chi connectivity index (χ3n) is 6.21. The Morgan fingerprint density at radius 3 is 2.61 bits per heavy atom. The molecule has 2 aromatic carbocycles. The summed E-state index contributed by atoms with van der Waals surface area (Å²) >= 11 is 0. The SMILES string of the molecule is CCCN(C)C=Nc1cc(C)c(Cc2ccc3c(c2)C(C)CC3(C)C)cc1C. The summed E-state index contributed by atoms with van der Waals surface area (Å²) in [7, 11) is 2.08. The zero-order valence-electron chi connectivity index (χ0n) is 18.8. The van der Waals surface area contributed by atoms with E-state index in [0.717, 1.165) is 25.1 Å². The lowest BCUT2D eigenvalue weighted by molar-refractivity contribution is 0.489. The van der Waals surface area contributed by atoms with E-state index in [9.17, 15) is 0 Å². The van der Waals surface area contributed by atoms with Crippen molar-refractivity contribution in [3.05, 3.63) is 63.7 Å². The molecule has 0 bridgehead atoms. The Bertz CT molecular complexity index is 876. The summed E-state index contributed by atoms with van der Waals surface area (Å²) in [6.07, 6.45) is 5.33. The number of rotatable bonds is 6. The Kier molecular flexibility index (Phi) is 5.98. The fourth-order valence-electron chi connectivity index (χ4n) is 4.71. The molecule has 2 nitrogen and oxygen atoms in total. The van der Waals surface area contributed by atoms with Crippen LogP contribution < -0.4 is 0 Å². The van der Waals surface area contributed by atoms with Gasteiger partial charge in [-0.3, -0.25) is 0 Å². The van der Waals surface area contributed by atoms with E-state index in [2.05, 4.69) is 83.8 Å². The molecule has 0 N–H and O–H groups in total. The molecule has 0 saturated heterocycles. The van der Waals surface area contributed by atoms with Crippen molar-refractivity contribution in [2.24, 2.45) is 4.99 Å². The molecule has 0 amide bonds. The number of nitrogens with zero attached hydrogens (tertiary/aromatic N) is 2. The maximum atomic E-state index is 4.71. The largest absolute Gasteiger partial charge is 0.366 e. The summed E-state index contributed by atoms with van der Waals surface area (Å²) in [5.74, 6) is 0.657. The van der Waals surface area contributed by atoms with E-state index in [1.54, 1.807) is 5.56 Å². The summed E-state index contributed by atoms with van der Waals surface area (Å²) < 4.78 is 0. The predicted molar refractivity (Wildman–Crippen MR) is 122 cm³/mol. The second-order valence-corrected chi connectivity index (χ2v) is 9.38. The first-order valence-corrected chi connectivity index (χ1v) is 10.7. The third kappa shape index (κ3) is 4.32. The van der Waals surface area contributed by atoms with Crippen LogP contribution in [0.4, 0.5) is 5.69 Å². The van der Waals surface area contributed by atoms with Gasteiger partial charge in [-0.25, -0.2) is 4.99 Å². The normalized spacial score (nSPS) is 17.9. The highest BCUT2D eigenvalue weighted by molar-refractivity contribution is 5.64. The minimum Gasteiger partial charge on any atom is -0.366 e. The molecule has 2 aromatic rings. The summed E-state index contributed by atoms with van der Waals surface area (Å²) in [5.41, 5.74) is 9.88. The van der Waals surface area contributed by atoms with Crippen LogP contribution in [0.2, 0.25) is 0 Å². The second kappa shape index (κ2) is 8.11. The molecule has 0 fully saturated rings. The van der Waals surface area contributed by atoms with Crippen LogP contribution in [-0.4, -0.2) is 24.8 Å². The van der Waals surface area contributed by atoms with Crippen LogP contribution in [-0.2, 0) is 11.8 Å². The van der Waals surface area contributed by atoms with Crippen LogP contribution in [0, 0.1) is 13.8 Å². The highest BCUT2D eigenvalue weighted by Gasteiger charge is 2.34. The van der Waals surface area contributed by atoms with E-state index < -0.39 is 0 Å². The fourth-order valence-corrected chi connectivity index (χ4v) is 4.71. The lowest BCUT2D eigenvalue weighted by Crippen LogP contribution is -2.16. The number of benzene rings is 2. The molecule has 1 aliphatic rings. The van der Waals surface area contributed by atoms with Gasteiger partial charge >= 0.3 is 0 Å². The highest BCUT2D eigenvalue weighted by atomic mass is 15.1. The summed E-state index contributed by atoms with van der Waals surface area (Å²) in [6, 6.07) is 11.7. The summed E-state index contributed by atoms with van der Waals surface area (Å²) in [4.78, 5) is 6.86. The molecule has 0 aliphatic heterocycles. The van der Waals surface area contributed by atoms with Gasteiger partial charge in [0.05, 0.1) is 12.0 Å². The Labute approximate surface area is 171 Å². The van der Waals surface area contributed by atoms with E-state index in [1.807, 2.05) is 6.34 Å². The molecular weight excluding hydrogens is 340 g/mol. The zero-order chi connectivity index (χ0) is 20.5.